The van der Waals surface area contributed by atoms with Gasteiger partial charge in [0.2, 0.25) is 0 Å². The minimum Gasteiger partial charge on any atom is -0.351 e. The van der Waals surface area contributed by atoms with Crippen LogP contribution in [0, 0.1) is 3.57 Å². The fourth-order valence-electron chi connectivity index (χ4n) is 3.64. The third-order valence-corrected chi connectivity index (χ3v) is 6.51. The number of benzene rings is 2. The summed E-state index contributed by atoms with van der Waals surface area (Å²) in [5.74, 6) is -0.562. The first kappa shape index (κ1) is 24.6. The van der Waals surface area contributed by atoms with Crippen molar-refractivity contribution in [2.45, 2.75) is 6.04 Å². The average Bonchev–Trinajstić information content (AvgIpc) is 2.84. The summed E-state index contributed by atoms with van der Waals surface area (Å²) in [7, 11) is 0. The standard InChI is InChI=1S/C26H20ClIN4O3/c27-18-10-14-20(15-11-18)32(26(29)34)24(21-5-1-2-6-22(21)28)25(33)30-19-12-8-17(9-13-19)23-7-3-4-16-31(23)35/h1-16,24,35H,(H2,29,34). The van der Waals surface area contributed by atoms with Gasteiger partial charge in [0.15, 0.2) is 0 Å². The van der Waals surface area contributed by atoms with Gasteiger partial charge in [-0.3, -0.25) is 14.9 Å². The van der Waals surface area contributed by atoms with Gasteiger partial charge in [-0.1, -0.05) is 48.0 Å². The molecule has 7 nitrogen and oxygen atoms in total. The molecule has 2 aliphatic rings. The molecule has 0 fully saturated rings. The lowest BCUT2D eigenvalue weighted by atomic mass is 10.0. The number of hydrogen-bond acceptors (Lipinski definition) is 4. The number of nitrogens with zero attached hydrogens (tertiary/aromatic N) is 3. The lowest BCUT2D eigenvalue weighted by molar-refractivity contribution is -0.119. The number of allylic oxidation sites excluding steroid dienone is 8. The maximum Gasteiger partial charge on any atom is 0.320 e. The predicted molar refractivity (Wildman–Crippen MR) is 145 cm³/mol. The van der Waals surface area contributed by atoms with E-state index in [4.69, 9.17) is 17.3 Å². The molecule has 0 saturated heterocycles. The number of amides is 3. The highest BCUT2D eigenvalue weighted by Crippen LogP contribution is 2.32. The van der Waals surface area contributed by atoms with E-state index >= 15 is 0 Å². The molecule has 2 aromatic carbocycles. The largest absolute Gasteiger partial charge is 0.351 e. The van der Waals surface area contributed by atoms with Crippen molar-refractivity contribution in [3.8, 4) is 0 Å². The summed E-state index contributed by atoms with van der Waals surface area (Å²) >= 11 is 8.13. The van der Waals surface area contributed by atoms with Crippen molar-refractivity contribution in [2.24, 2.45) is 10.7 Å². The number of nitrogens with two attached hydrogens (primary N) is 1. The van der Waals surface area contributed by atoms with Gasteiger partial charge in [0, 0.05) is 26.1 Å². The quantitative estimate of drug-likeness (QED) is 0.442. The van der Waals surface area contributed by atoms with Crippen molar-refractivity contribution in [1.29, 1.82) is 0 Å². The SMILES string of the molecule is NC(=O)N(c1ccc(Cl)cc1)C(C(=O)N=C1C=CC(=C2C=CC=CN2O)C=C1)c1ccccc1I. The minimum absolute atomic E-state index is 0.399. The van der Waals surface area contributed by atoms with E-state index in [0.29, 0.717) is 27.7 Å². The molecule has 2 aromatic rings. The van der Waals surface area contributed by atoms with Crippen molar-refractivity contribution >= 4 is 57.5 Å². The third-order valence-electron chi connectivity index (χ3n) is 5.28. The second kappa shape index (κ2) is 10.9. The van der Waals surface area contributed by atoms with E-state index in [2.05, 4.69) is 27.6 Å². The van der Waals surface area contributed by atoms with Crippen LogP contribution in [0.15, 0.2) is 114 Å². The van der Waals surface area contributed by atoms with Crippen LogP contribution < -0.4 is 10.6 Å². The van der Waals surface area contributed by atoms with Gasteiger partial charge in [-0.05, 0) is 82.8 Å². The highest BCUT2D eigenvalue weighted by Gasteiger charge is 2.33. The molecule has 9 heteroatoms. The van der Waals surface area contributed by atoms with E-state index < -0.39 is 18.0 Å². The minimum atomic E-state index is -1.09. The molecular weight excluding hydrogens is 579 g/mol. The number of hydroxylamine groups is 2. The van der Waals surface area contributed by atoms with Gasteiger partial charge < -0.3 is 5.73 Å². The Morgan fingerprint density at radius 2 is 1.69 bits per heavy atom. The topological polar surface area (TPSA) is 99.2 Å². The Morgan fingerprint density at radius 1 is 1.00 bits per heavy atom. The van der Waals surface area contributed by atoms with Crippen LogP contribution in [0.25, 0.3) is 0 Å². The maximum absolute atomic E-state index is 13.6. The summed E-state index contributed by atoms with van der Waals surface area (Å²) in [6.45, 7) is 0. The Morgan fingerprint density at radius 3 is 2.31 bits per heavy atom. The summed E-state index contributed by atoms with van der Waals surface area (Å²) in [5, 5.41) is 11.5. The molecule has 3 amide bonds. The molecule has 0 radical (unpaired) electrons. The van der Waals surface area contributed by atoms with Crippen LogP contribution in [0.2, 0.25) is 5.02 Å². The summed E-state index contributed by atoms with van der Waals surface area (Å²) in [6, 6.07) is 11.9. The van der Waals surface area contributed by atoms with Gasteiger partial charge in [-0.15, -0.1) is 0 Å². The van der Waals surface area contributed by atoms with Crippen molar-refractivity contribution in [3.63, 3.8) is 0 Å². The number of rotatable bonds is 4. The summed E-state index contributed by atoms with van der Waals surface area (Å²) in [6.07, 6.45) is 13.7. The molecule has 1 aliphatic carbocycles. The van der Waals surface area contributed by atoms with Crippen LogP contribution in [-0.2, 0) is 4.79 Å². The Kier molecular flexibility index (Phi) is 7.64. The highest BCUT2D eigenvalue weighted by molar-refractivity contribution is 14.1. The van der Waals surface area contributed by atoms with Crippen molar-refractivity contribution in [3.05, 3.63) is 123 Å². The van der Waals surface area contributed by atoms with E-state index in [1.807, 2.05) is 18.2 Å². The molecule has 0 bridgehead atoms. The van der Waals surface area contributed by atoms with Crippen LogP contribution in [0.1, 0.15) is 11.6 Å². The molecule has 0 spiro atoms. The van der Waals surface area contributed by atoms with Gasteiger partial charge >= 0.3 is 6.03 Å². The van der Waals surface area contributed by atoms with Crippen molar-refractivity contribution in [2.75, 3.05) is 4.90 Å². The highest BCUT2D eigenvalue weighted by atomic mass is 127. The third kappa shape index (κ3) is 5.61. The van der Waals surface area contributed by atoms with E-state index in [1.54, 1.807) is 72.9 Å². The Balaban J connectivity index is 1.72. The molecule has 1 atom stereocenters. The number of primary amides is 1. The normalized spacial score (nSPS) is 15.4. The predicted octanol–water partition coefficient (Wildman–Crippen LogP) is 5.69. The first-order chi connectivity index (χ1) is 16.8. The Hall–Kier alpha value is -3.47. The molecule has 1 aliphatic heterocycles. The zero-order valence-electron chi connectivity index (χ0n) is 18.3. The molecule has 35 heavy (non-hydrogen) atoms. The fraction of sp³-hybridized carbons (Fsp3) is 0.0385. The number of carbonyl (C=O) groups is 2. The van der Waals surface area contributed by atoms with E-state index in [0.717, 1.165) is 14.2 Å². The van der Waals surface area contributed by atoms with Gasteiger partial charge in [0.05, 0.1) is 11.4 Å². The smallest absolute Gasteiger partial charge is 0.320 e. The van der Waals surface area contributed by atoms with Gasteiger partial charge in [0.1, 0.15) is 6.04 Å². The van der Waals surface area contributed by atoms with Crippen LogP contribution in [0.5, 0.6) is 0 Å². The molecule has 0 saturated carbocycles. The number of carbonyl (C=O) groups excluding carboxylic acids is 2. The number of aliphatic imine (C=N–C) groups is 1. The molecule has 176 valence electrons. The van der Waals surface area contributed by atoms with E-state index in [9.17, 15) is 14.8 Å². The number of urea groups is 1. The Labute approximate surface area is 221 Å². The van der Waals surface area contributed by atoms with Gasteiger partial charge in [0.25, 0.3) is 5.91 Å². The lowest BCUT2D eigenvalue weighted by Gasteiger charge is -2.29. The first-order valence-electron chi connectivity index (χ1n) is 10.5. The molecule has 3 N–H and O–H groups in total. The van der Waals surface area contributed by atoms with Crippen molar-refractivity contribution < 1.29 is 14.8 Å². The first-order valence-corrected chi connectivity index (χ1v) is 12.0. The van der Waals surface area contributed by atoms with Crippen LogP contribution >= 0.6 is 34.2 Å². The van der Waals surface area contributed by atoms with E-state index in [-0.39, 0.29) is 0 Å². The molecule has 1 unspecified atom stereocenters. The number of hydrogen-bond donors (Lipinski definition) is 2. The second-order valence-corrected chi connectivity index (χ2v) is 9.13. The van der Waals surface area contributed by atoms with Crippen LogP contribution in [0.3, 0.4) is 0 Å². The molecule has 1 heterocycles. The monoisotopic (exact) mass is 598 g/mol. The zero-order valence-corrected chi connectivity index (χ0v) is 21.2. The summed E-state index contributed by atoms with van der Waals surface area (Å²) in [5.41, 5.74) is 8.50. The second-order valence-electron chi connectivity index (χ2n) is 7.54. The van der Waals surface area contributed by atoms with Crippen molar-refractivity contribution in [1.82, 2.24) is 5.06 Å². The van der Waals surface area contributed by atoms with Gasteiger partial charge in [-0.2, -0.15) is 0 Å². The average molecular weight is 599 g/mol. The fourth-order valence-corrected chi connectivity index (χ4v) is 4.45. The molecular formula is C26H20ClIN4O3. The lowest BCUT2D eigenvalue weighted by Crippen LogP contribution is -2.42. The van der Waals surface area contributed by atoms with Gasteiger partial charge in [-0.25, -0.2) is 14.9 Å². The molecule has 0 aromatic heterocycles. The Bertz CT molecular complexity index is 1320. The summed E-state index contributed by atoms with van der Waals surface area (Å²) < 4.78 is 0.783. The number of halogens is 2. The van der Waals surface area contributed by atoms with Crippen LogP contribution in [0.4, 0.5) is 10.5 Å². The maximum atomic E-state index is 13.6. The zero-order chi connectivity index (χ0) is 24.9. The number of anilines is 1. The van der Waals surface area contributed by atoms with E-state index in [1.165, 1.54) is 11.1 Å². The van der Waals surface area contributed by atoms with Crippen LogP contribution in [-0.4, -0.2) is 27.9 Å². The summed E-state index contributed by atoms with van der Waals surface area (Å²) in [4.78, 5) is 31.7. The molecule has 4 rings (SSSR count).